The van der Waals surface area contributed by atoms with E-state index < -0.39 is 0 Å². The number of fused-ring (bicyclic) bond motifs is 6. The Balaban J connectivity index is 1.64. The van der Waals surface area contributed by atoms with Gasteiger partial charge in [-0.2, -0.15) is 0 Å². The Morgan fingerprint density at radius 2 is 1.32 bits per heavy atom. The molecule has 0 aliphatic heterocycles. The first kappa shape index (κ1) is 15.5. The number of aryl methyl sites for hydroxylation is 2. The Morgan fingerprint density at radius 1 is 0.536 bits per heavy atom. The molecule has 6 aromatic rings. The minimum atomic E-state index is 0.926. The van der Waals surface area contributed by atoms with Gasteiger partial charge in [-0.15, -0.1) is 0 Å². The first-order chi connectivity index (χ1) is 13.7. The predicted molar refractivity (Wildman–Crippen MR) is 116 cm³/mol. The van der Waals surface area contributed by atoms with Crippen LogP contribution < -0.4 is 0 Å². The first-order valence-electron chi connectivity index (χ1n) is 9.53. The number of rotatable bonds is 1. The van der Waals surface area contributed by atoms with Crippen molar-refractivity contribution in [2.45, 2.75) is 13.8 Å². The van der Waals surface area contributed by atoms with Crippen LogP contribution in [0.4, 0.5) is 0 Å². The van der Waals surface area contributed by atoms with Crippen molar-refractivity contribution in [2.75, 3.05) is 0 Å². The van der Waals surface area contributed by atoms with Crippen molar-refractivity contribution in [1.82, 2.24) is 0 Å². The quantitative estimate of drug-likeness (QED) is 0.299. The topological polar surface area (TPSA) is 26.3 Å². The van der Waals surface area contributed by atoms with E-state index in [1.54, 1.807) is 0 Å². The standard InChI is InChI=1S/C26H18O2/c1-15-6-5-9-24-26(15)21-13-17(10-11-23(21)27-24)19-14-25-20(12-16(19)2)18-7-3-4-8-22(18)28-25/h3-14H,1-2H3. The molecule has 2 heteroatoms. The third kappa shape index (κ3) is 2.09. The third-order valence-corrected chi connectivity index (χ3v) is 5.74. The Morgan fingerprint density at radius 3 is 2.25 bits per heavy atom. The molecule has 0 atom stereocenters. The number of benzene rings is 4. The summed E-state index contributed by atoms with van der Waals surface area (Å²) in [6.07, 6.45) is 0. The Hall–Kier alpha value is -3.52. The van der Waals surface area contributed by atoms with Gasteiger partial charge in [-0.1, -0.05) is 36.4 Å². The SMILES string of the molecule is Cc1cc2c(cc1-c1ccc3oc4cccc(C)c4c3c1)oc1ccccc12. The van der Waals surface area contributed by atoms with E-state index >= 15 is 0 Å². The van der Waals surface area contributed by atoms with Gasteiger partial charge in [0.1, 0.15) is 22.3 Å². The number of hydrogen-bond acceptors (Lipinski definition) is 2. The van der Waals surface area contributed by atoms with Gasteiger partial charge in [0.2, 0.25) is 0 Å². The van der Waals surface area contributed by atoms with Crippen LogP contribution in [0.3, 0.4) is 0 Å². The molecule has 0 N–H and O–H groups in total. The van der Waals surface area contributed by atoms with Crippen LogP contribution in [-0.2, 0) is 0 Å². The van der Waals surface area contributed by atoms with E-state index in [-0.39, 0.29) is 0 Å². The lowest BCUT2D eigenvalue weighted by Gasteiger charge is -2.07. The summed E-state index contributed by atoms with van der Waals surface area (Å²) in [5.41, 5.74) is 8.57. The fraction of sp³-hybridized carbons (Fsp3) is 0.0769. The molecule has 0 unspecified atom stereocenters. The van der Waals surface area contributed by atoms with E-state index in [0.29, 0.717) is 0 Å². The highest BCUT2D eigenvalue weighted by molar-refractivity contribution is 6.09. The molecule has 2 heterocycles. The average molecular weight is 362 g/mol. The summed E-state index contributed by atoms with van der Waals surface area (Å²) >= 11 is 0. The van der Waals surface area contributed by atoms with Crippen molar-refractivity contribution in [2.24, 2.45) is 0 Å². The van der Waals surface area contributed by atoms with Gasteiger partial charge < -0.3 is 8.83 Å². The maximum atomic E-state index is 6.11. The van der Waals surface area contributed by atoms with Gasteiger partial charge in [0, 0.05) is 21.5 Å². The van der Waals surface area contributed by atoms with E-state index in [1.807, 2.05) is 24.3 Å². The summed E-state index contributed by atoms with van der Waals surface area (Å²) in [6.45, 7) is 4.30. The van der Waals surface area contributed by atoms with Gasteiger partial charge >= 0.3 is 0 Å². The molecular formula is C26H18O2. The molecule has 28 heavy (non-hydrogen) atoms. The summed E-state index contributed by atoms with van der Waals surface area (Å²) in [5, 5.41) is 4.69. The minimum Gasteiger partial charge on any atom is -0.456 e. The monoisotopic (exact) mass is 362 g/mol. The smallest absolute Gasteiger partial charge is 0.136 e. The largest absolute Gasteiger partial charge is 0.456 e. The molecule has 0 radical (unpaired) electrons. The van der Waals surface area contributed by atoms with Gasteiger partial charge in [0.15, 0.2) is 0 Å². The highest BCUT2D eigenvalue weighted by Gasteiger charge is 2.14. The van der Waals surface area contributed by atoms with Crippen molar-refractivity contribution in [1.29, 1.82) is 0 Å². The fourth-order valence-electron chi connectivity index (χ4n) is 4.36. The molecule has 6 rings (SSSR count). The van der Waals surface area contributed by atoms with Crippen molar-refractivity contribution in [3.63, 3.8) is 0 Å². The van der Waals surface area contributed by atoms with E-state index in [4.69, 9.17) is 8.83 Å². The van der Waals surface area contributed by atoms with Gasteiger partial charge in [-0.05, 0) is 72.5 Å². The van der Waals surface area contributed by atoms with E-state index in [0.717, 1.165) is 27.7 Å². The molecule has 0 saturated carbocycles. The molecule has 0 spiro atoms. The minimum absolute atomic E-state index is 0.926. The highest BCUT2D eigenvalue weighted by atomic mass is 16.3. The van der Waals surface area contributed by atoms with Crippen LogP contribution in [0.1, 0.15) is 11.1 Å². The normalized spacial score (nSPS) is 11.9. The third-order valence-electron chi connectivity index (χ3n) is 5.74. The van der Waals surface area contributed by atoms with Crippen LogP contribution >= 0.6 is 0 Å². The van der Waals surface area contributed by atoms with E-state index in [9.17, 15) is 0 Å². The van der Waals surface area contributed by atoms with Crippen LogP contribution in [0.15, 0.2) is 81.6 Å². The first-order valence-corrected chi connectivity index (χ1v) is 9.53. The number of furan rings is 2. The molecule has 0 amide bonds. The summed E-state index contributed by atoms with van der Waals surface area (Å²) in [4.78, 5) is 0. The summed E-state index contributed by atoms with van der Waals surface area (Å²) in [7, 11) is 0. The van der Waals surface area contributed by atoms with Gasteiger partial charge in [-0.3, -0.25) is 0 Å². The number of para-hydroxylation sites is 1. The zero-order valence-electron chi connectivity index (χ0n) is 15.7. The Labute approximate surface area is 162 Å². The zero-order valence-corrected chi connectivity index (χ0v) is 15.7. The van der Waals surface area contributed by atoms with Crippen LogP contribution in [0.5, 0.6) is 0 Å². The highest BCUT2D eigenvalue weighted by Crippen LogP contribution is 2.37. The van der Waals surface area contributed by atoms with Crippen molar-refractivity contribution in [3.8, 4) is 11.1 Å². The Kier molecular flexibility index (Phi) is 3.05. The molecule has 2 aromatic heterocycles. The molecule has 0 saturated heterocycles. The lowest BCUT2D eigenvalue weighted by molar-refractivity contribution is 0.669. The molecule has 2 nitrogen and oxygen atoms in total. The number of hydrogen-bond donors (Lipinski definition) is 0. The van der Waals surface area contributed by atoms with Crippen molar-refractivity contribution < 1.29 is 8.83 Å². The maximum Gasteiger partial charge on any atom is 0.136 e. The van der Waals surface area contributed by atoms with Crippen LogP contribution in [-0.4, -0.2) is 0 Å². The Bertz CT molecular complexity index is 1530. The maximum absolute atomic E-state index is 6.11. The molecule has 0 aliphatic carbocycles. The second-order valence-corrected chi connectivity index (χ2v) is 7.52. The zero-order chi connectivity index (χ0) is 18.8. The molecule has 0 bridgehead atoms. The summed E-state index contributed by atoms with van der Waals surface area (Å²) in [6, 6.07) is 25.3. The second kappa shape index (κ2) is 5.49. The summed E-state index contributed by atoms with van der Waals surface area (Å²) in [5.74, 6) is 0. The van der Waals surface area contributed by atoms with Crippen LogP contribution in [0, 0.1) is 13.8 Å². The van der Waals surface area contributed by atoms with Crippen LogP contribution in [0.25, 0.3) is 55.0 Å². The fourth-order valence-corrected chi connectivity index (χ4v) is 4.36. The second-order valence-electron chi connectivity index (χ2n) is 7.52. The van der Waals surface area contributed by atoms with Crippen molar-refractivity contribution >= 4 is 43.9 Å². The predicted octanol–water partition coefficient (Wildman–Crippen LogP) is 7.77. The molecular weight excluding hydrogens is 344 g/mol. The molecule has 0 fully saturated rings. The van der Waals surface area contributed by atoms with Gasteiger partial charge in [0.05, 0.1) is 0 Å². The van der Waals surface area contributed by atoms with Crippen LogP contribution in [0.2, 0.25) is 0 Å². The molecule has 134 valence electrons. The van der Waals surface area contributed by atoms with Gasteiger partial charge in [-0.25, -0.2) is 0 Å². The lowest BCUT2D eigenvalue weighted by atomic mass is 9.96. The lowest BCUT2D eigenvalue weighted by Crippen LogP contribution is -1.84. The van der Waals surface area contributed by atoms with Crippen molar-refractivity contribution in [3.05, 3.63) is 83.9 Å². The van der Waals surface area contributed by atoms with E-state index in [2.05, 4.69) is 62.4 Å². The molecule has 4 aromatic carbocycles. The summed E-state index contributed by atoms with van der Waals surface area (Å²) < 4.78 is 12.2. The molecule has 0 aliphatic rings. The average Bonchev–Trinajstić information content (AvgIpc) is 3.25. The van der Waals surface area contributed by atoms with Gasteiger partial charge in [0.25, 0.3) is 0 Å². The van der Waals surface area contributed by atoms with E-state index in [1.165, 1.54) is 38.4 Å².